The van der Waals surface area contributed by atoms with Crippen LogP contribution in [0.15, 0.2) is 47.6 Å². The molecule has 0 aliphatic rings. The van der Waals surface area contributed by atoms with Crippen LogP contribution in [-0.4, -0.2) is 19.3 Å². The predicted octanol–water partition coefficient (Wildman–Crippen LogP) is 2.35. The highest BCUT2D eigenvalue weighted by atomic mass is 32.2. The molecule has 1 aromatic carbocycles. The van der Waals surface area contributed by atoms with Crippen LogP contribution in [0.25, 0.3) is 0 Å². The van der Waals surface area contributed by atoms with E-state index in [1.807, 2.05) is 35.9 Å². The van der Waals surface area contributed by atoms with Gasteiger partial charge in [0, 0.05) is 24.5 Å². The van der Waals surface area contributed by atoms with E-state index in [4.69, 9.17) is 0 Å². The lowest BCUT2D eigenvalue weighted by atomic mass is 10.2. The van der Waals surface area contributed by atoms with Crippen LogP contribution >= 0.6 is 0 Å². The Morgan fingerprint density at radius 3 is 2.73 bits per heavy atom. The fourth-order valence-electron chi connectivity index (χ4n) is 1.85. The zero-order valence-electron chi connectivity index (χ0n) is 12.3. The molecular formula is C15H17N3O3S. The minimum Gasteiger partial charge on any atom is -0.354 e. The molecule has 0 radical (unpaired) electrons. The summed E-state index contributed by atoms with van der Waals surface area (Å²) in [5.41, 5.74) is 2.16. The van der Waals surface area contributed by atoms with Gasteiger partial charge < -0.3 is 5.32 Å². The number of nitrogens with zero attached hydrogens (tertiary/aromatic N) is 1. The van der Waals surface area contributed by atoms with Crippen molar-refractivity contribution in [2.45, 2.75) is 25.2 Å². The molecule has 0 unspecified atom stereocenters. The maximum absolute atomic E-state index is 12.3. The van der Waals surface area contributed by atoms with Gasteiger partial charge in [-0.3, -0.25) is 9.78 Å². The number of sulfonamides is 1. The van der Waals surface area contributed by atoms with Crippen LogP contribution < -0.4 is 10.0 Å². The highest BCUT2D eigenvalue weighted by Gasteiger charge is 2.21. The van der Waals surface area contributed by atoms with E-state index in [1.54, 1.807) is 13.0 Å². The second-order valence-electron chi connectivity index (χ2n) is 4.75. The van der Waals surface area contributed by atoms with Gasteiger partial charge in [-0.2, -0.15) is 0 Å². The number of carbonyl (C=O) groups excluding carboxylic acids is 1. The van der Waals surface area contributed by atoms with E-state index < -0.39 is 15.9 Å². The monoisotopic (exact) mass is 319 g/mol. The van der Waals surface area contributed by atoms with Gasteiger partial charge in [-0.25, -0.2) is 13.1 Å². The summed E-state index contributed by atoms with van der Waals surface area (Å²) in [7, 11) is -3.96. The van der Waals surface area contributed by atoms with Gasteiger partial charge in [0.2, 0.25) is 5.91 Å². The fraction of sp³-hybridized carbons (Fsp3) is 0.200. The standard InChI is InChI=1S/C15H17N3O3S/c1-3-15(19)18-22(20,21)14-10-16-8-7-13(14)17-12-6-4-5-11(2)9-12/h4-10H,3H2,1-2H3,(H,16,17)(H,18,19). The molecule has 0 bridgehead atoms. The van der Waals surface area contributed by atoms with Crippen LogP contribution in [0.1, 0.15) is 18.9 Å². The Morgan fingerprint density at radius 2 is 2.05 bits per heavy atom. The minimum absolute atomic E-state index is 0.0710. The van der Waals surface area contributed by atoms with Gasteiger partial charge in [0.1, 0.15) is 4.90 Å². The highest BCUT2D eigenvalue weighted by Crippen LogP contribution is 2.24. The van der Waals surface area contributed by atoms with Crippen molar-refractivity contribution in [3.05, 3.63) is 48.3 Å². The lowest BCUT2D eigenvalue weighted by Crippen LogP contribution is -2.30. The molecule has 2 rings (SSSR count). The van der Waals surface area contributed by atoms with Crippen LogP contribution in [0.4, 0.5) is 11.4 Å². The number of rotatable bonds is 5. The van der Waals surface area contributed by atoms with E-state index in [0.29, 0.717) is 5.69 Å². The summed E-state index contributed by atoms with van der Waals surface area (Å²) < 4.78 is 26.5. The number of benzene rings is 1. The third-order valence-corrected chi connectivity index (χ3v) is 4.34. The number of hydrogen-bond acceptors (Lipinski definition) is 5. The van der Waals surface area contributed by atoms with Gasteiger partial charge >= 0.3 is 0 Å². The van der Waals surface area contributed by atoms with Crippen LogP contribution in [0.2, 0.25) is 0 Å². The number of anilines is 2. The van der Waals surface area contributed by atoms with E-state index in [9.17, 15) is 13.2 Å². The molecule has 0 saturated heterocycles. The van der Waals surface area contributed by atoms with E-state index in [2.05, 4.69) is 10.3 Å². The third kappa shape index (κ3) is 3.82. The second kappa shape index (κ2) is 6.57. The maximum Gasteiger partial charge on any atom is 0.267 e. The number of hydrogen-bond donors (Lipinski definition) is 2. The molecule has 0 spiro atoms. The second-order valence-corrected chi connectivity index (χ2v) is 6.40. The summed E-state index contributed by atoms with van der Waals surface area (Å²) in [5.74, 6) is -0.564. The SMILES string of the molecule is CCC(=O)NS(=O)(=O)c1cnccc1Nc1cccc(C)c1. The van der Waals surface area contributed by atoms with Crippen molar-refractivity contribution in [2.75, 3.05) is 5.32 Å². The summed E-state index contributed by atoms with van der Waals surface area (Å²) >= 11 is 0. The van der Waals surface area contributed by atoms with Crippen molar-refractivity contribution in [2.24, 2.45) is 0 Å². The summed E-state index contributed by atoms with van der Waals surface area (Å²) in [6.45, 7) is 3.52. The number of amides is 1. The lowest BCUT2D eigenvalue weighted by molar-refractivity contribution is -0.119. The predicted molar refractivity (Wildman–Crippen MR) is 84.3 cm³/mol. The summed E-state index contributed by atoms with van der Waals surface area (Å²) in [5, 5.41) is 3.04. The van der Waals surface area contributed by atoms with E-state index in [0.717, 1.165) is 11.3 Å². The summed E-state index contributed by atoms with van der Waals surface area (Å²) in [6.07, 6.45) is 2.78. The summed E-state index contributed by atoms with van der Waals surface area (Å²) in [4.78, 5) is 15.1. The molecule has 0 saturated carbocycles. The normalized spacial score (nSPS) is 11.0. The smallest absolute Gasteiger partial charge is 0.267 e. The van der Waals surface area contributed by atoms with Crippen molar-refractivity contribution in [3.8, 4) is 0 Å². The number of aryl methyl sites for hydroxylation is 1. The Labute approximate surface area is 129 Å². The van der Waals surface area contributed by atoms with Crippen LogP contribution in [0.3, 0.4) is 0 Å². The van der Waals surface area contributed by atoms with Gasteiger partial charge in [-0.05, 0) is 30.7 Å². The Bertz CT molecular complexity index is 788. The molecule has 116 valence electrons. The molecule has 1 aromatic heterocycles. The molecule has 0 atom stereocenters. The van der Waals surface area contributed by atoms with Crippen molar-refractivity contribution in [1.82, 2.24) is 9.71 Å². The molecule has 0 fully saturated rings. The molecule has 0 aliphatic carbocycles. The summed E-state index contributed by atoms with van der Waals surface area (Å²) in [6, 6.07) is 9.08. The van der Waals surface area contributed by atoms with Gasteiger partial charge in [0.05, 0.1) is 5.69 Å². The molecule has 1 amide bonds. The molecule has 6 nitrogen and oxygen atoms in total. The first-order valence-electron chi connectivity index (χ1n) is 6.75. The van der Waals surface area contributed by atoms with Crippen LogP contribution in [0, 0.1) is 6.92 Å². The Hall–Kier alpha value is -2.41. The lowest BCUT2D eigenvalue weighted by Gasteiger charge is -2.13. The van der Waals surface area contributed by atoms with Crippen molar-refractivity contribution < 1.29 is 13.2 Å². The third-order valence-electron chi connectivity index (χ3n) is 2.94. The van der Waals surface area contributed by atoms with Crippen LogP contribution in [0.5, 0.6) is 0 Å². The average molecular weight is 319 g/mol. The van der Waals surface area contributed by atoms with Gasteiger partial charge in [0.15, 0.2) is 0 Å². The molecule has 0 aliphatic heterocycles. The number of carbonyl (C=O) groups is 1. The molecule has 2 aromatic rings. The zero-order chi connectivity index (χ0) is 16.2. The molecule has 1 heterocycles. The first-order valence-corrected chi connectivity index (χ1v) is 8.24. The van der Waals surface area contributed by atoms with Crippen molar-refractivity contribution in [3.63, 3.8) is 0 Å². The Morgan fingerprint density at radius 1 is 1.27 bits per heavy atom. The van der Waals surface area contributed by atoms with Gasteiger partial charge in [0.25, 0.3) is 10.0 Å². The van der Waals surface area contributed by atoms with Gasteiger partial charge in [-0.1, -0.05) is 19.1 Å². The largest absolute Gasteiger partial charge is 0.354 e. The fourth-order valence-corrected chi connectivity index (χ4v) is 3.01. The first-order chi connectivity index (χ1) is 10.4. The number of aromatic nitrogens is 1. The van der Waals surface area contributed by atoms with Crippen molar-refractivity contribution >= 4 is 27.3 Å². The quantitative estimate of drug-likeness (QED) is 0.883. The minimum atomic E-state index is -3.96. The Kier molecular flexibility index (Phi) is 4.77. The number of nitrogens with one attached hydrogen (secondary N) is 2. The molecular weight excluding hydrogens is 302 g/mol. The van der Waals surface area contributed by atoms with E-state index in [-0.39, 0.29) is 11.3 Å². The zero-order valence-corrected chi connectivity index (χ0v) is 13.1. The highest BCUT2D eigenvalue weighted by molar-refractivity contribution is 7.90. The molecule has 22 heavy (non-hydrogen) atoms. The average Bonchev–Trinajstić information content (AvgIpc) is 2.47. The maximum atomic E-state index is 12.3. The van der Waals surface area contributed by atoms with Crippen molar-refractivity contribution in [1.29, 1.82) is 0 Å². The topological polar surface area (TPSA) is 88.2 Å². The number of pyridine rings is 1. The first kappa shape index (κ1) is 16.0. The van der Waals surface area contributed by atoms with E-state index >= 15 is 0 Å². The molecule has 2 N–H and O–H groups in total. The van der Waals surface area contributed by atoms with Gasteiger partial charge in [-0.15, -0.1) is 0 Å². The van der Waals surface area contributed by atoms with E-state index in [1.165, 1.54) is 12.4 Å². The Balaban J connectivity index is 2.36. The van der Waals surface area contributed by atoms with Crippen LogP contribution in [-0.2, 0) is 14.8 Å². The molecule has 7 heteroatoms.